The molecule has 0 radical (unpaired) electrons. The molecule has 1 unspecified atom stereocenters. The number of aliphatic hydroxyl groups is 2. The first-order chi connectivity index (χ1) is 7.35. The van der Waals surface area contributed by atoms with Crippen molar-refractivity contribution in [3.8, 4) is 0 Å². The maximum absolute atomic E-state index is 8.61. The molecule has 0 aromatic heterocycles. The van der Waals surface area contributed by atoms with Gasteiger partial charge in [-0.25, -0.2) is 0 Å². The topological polar surface area (TPSA) is 68.2 Å². The largest absolute Gasteiger partial charge is 0.394 e. The summed E-state index contributed by atoms with van der Waals surface area (Å²) in [6, 6.07) is 0. The van der Waals surface area contributed by atoms with E-state index in [0.717, 1.165) is 6.42 Å². The Morgan fingerprint density at radius 3 is 2.07 bits per heavy atom. The third-order valence-corrected chi connectivity index (χ3v) is 1.64. The molecule has 0 spiro atoms. The summed E-state index contributed by atoms with van der Waals surface area (Å²) in [5, 5.41) is 17.1. The molecule has 0 aliphatic rings. The predicted octanol–water partition coefficient (Wildman–Crippen LogP) is -0.201. The van der Waals surface area contributed by atoms with Crippen LogP contribution >= 0.6 is 0 Å². The molecule has 0 aliphatic heterocycles. The summed E-state index contributed by atoms with van der Waals surface area (Å²) in [6.07, 6.45) is 0.791. The van der Waals surface area contributed by atoms with Crippen molar-refractivity contribution in [2.45, 2.75) is 19.4 Å². The van der Waals surface area contributed by atoms with Crippen LogP contribution < -0.4 is 0 Å². The Labute approximate surface area is 91.0 Å². The zero-order valence-corrected chi connectivity index (χ0v) is 9.35. The Morgan fingerprint density at radius 1 is 0.933 bits per heavy atom. The molecular weight excluding hydrogens is 200 g/mol. The van der Waals surface area contributed by atoms with E-state index in [1.165, 1.54) is 0 Å². The molecule has 1 atom stereocenters. The van der Waals surface area contributed by atoms with Gasteiger partial charge in [0.2, 0.25) is 0 Å². The fraction of sp³-hybridized carbons (Fsp3) is 1.00. The van der Waals surface area contributed by atoms with Gasteiger partial charge in [0.05, 0.1) is 39.6 Å². The average molecular weight is 222 g/mol. The van der Waals surface area contributed by atoms with Crippen LogP contribution in [0.3, 0.4) is 0 Å². The summed E-state index contributed by atoms with van der Waals surface area (Å²) in [6.45, 7) is 4.14. The van der Waals surface area contributed by atoms with Gasteiger partial charge in [-0.2, -0.15) is 0 Å². The van der Waals surface area contributed by atoms with Crippen LogP contribution in [0.4, 0.5) is 0 Å². The summed E-state index contributed by atoms with van der Waals surface area (Å²) < 4.78 is 15.8. The van der Waals surface area contributed by atoms with Crippen LogP contribution in [0.25, 0.3) is 0 Å². The van der Waals surface area contributed by atoms with Crippen LogP contribution in [0.1, 0.15) is 13.3 Å². The van der Waals surface area contributed by atoms with Crippen molar-refractivity contribution in [2.75, 3.05) is 46.2 Å². The van der Waals surface area contributed by atoms with Crippen molar-refractivity contribution >= 4 is 0 Å². The number of ether oxygens (including phenoxy) is 3. The van der Waals surface area contributed by atoms with Crippen LogP contribution in [0, 0.1) is 0 Å². The lowest BCUT2D eigenvalue weighted by Crippen LogP contribution is -2.27. The summed E-state index contributed by atoms with van der Waals surface area (Å²) in [4.78, 5) is 0. The van der Waals surface area contributed by atoms with Crippen LogP contribution in [-0.4, -0.2) is 62.6 Å². The molecule has 15 heavy (non-hydrogen) atoms. The van der Waals surface area contributed by atoms with Crippen LogP contribution in [0.2, 0.25) is 0 Å². The monoisotopic (exact) mass is 222 g/mol. The first kappa shape index (κ1) is 14.8. The molecular formula is C10H22O5. The van der Waals surface area contributed by atoms with E-state index >= 15 is 0 Å². The summed E-state index contributed by atoms with van der Waals surface area (Å²) in [7, 11) is 0. The molecule has 0 fully saturated rings. The van der Waals surface area contributed by atoms with Gasteiger partial charge in [-0.3, -0.25) is 0 Å². The second-order valence-electron chi connectivity index (χ2n) is 3.09. The van der Waals surface area contributed by atoms with E-state index in [1.807, 2.05) is 6.92 Å². The minimum absolute atomic E-state index is 0.00252. The highest BCUT2D eigenvalue weighted by atomic mass is 16.6. The smallest absolute Gasteiger partial charge is 0.104 e. The van der Waals surface area contributed by atoms with Crippen molar-refractivity contribution in [1.82, 2.24) is 0 Å². The highest BCUT2D eigenvalue weighted by Crippen LogP contribution is 1.96. The number of rotatable bonds is 11. The fourth-order valence-corrected chi connectivity index (χ4v) is 1.00. The number of hydrogen-bond donors (Lipinski definition) is 2. The quantitative estimate of drug-likeness (QED) is 0.474. The normalized spacial score (nSPS) is 13.0. The van der Waals surface area contributed by atoms with E-state index in [9.17, 15) is 0 Å². The van der Waals surface area contributed by atoms with Crippen molar-refractivity contribution < 1.29 is 24.4 Å². The molecule has 0 aliphatic carbocycles. The van der Waals surface area contributed by atoms with Crippen molar-refractivity contribution in [3.63, 3.8) is 0 Å². The highest BCUT2D eigenvalue weighted by molar-refractivity contribution is 4.55. The van der Waals surface area contributed by atoms with Crippen LogP contribution in [0.5, 0.6) is 0 Å². The van der Waals surface area contributed by atoms with Gasteiger partial charge in [0.25, 0.3) is 0 Å². The Morgan fingerprint density at radius 2 is 1.53 bits per heavy atom. The molecule has 5 nitrogen and oxygen atoms in total. The first-order valence-corrected chi connectivity index (χ1v) is 5.34. The van der Waals surface area contributed by atoms with Crippen LogP contribution in [0.15, 0.2) is 0 Å². The van der Waals surface area contributed by atoms with Gasteiger partial charge in [0, 0.05) is 6.61 Å². The van der Waals surface area contributed by atoms with Gasteiger partial charge in [-0.1, -0.05) is 6.92 Å². The maximum atomic E-state index is 8.61. The number of hydrogen-bond acceptors (Lipinski definition) is 5. The summed E-state index contributed by atoms with van der Waals surface area (Å²) >= 11 is 0. The molecule has 92 valence electrons. The zero-order valence-electron chi connectivity index (χ0n) is 9.35. The lowest BCUT2D eigenvalue weighted by Gasteiger charge is -2.17. The van der Waals surface area contributed by atoms with E-state index in [2.05, 4.69) is 0 Å². The molecule has 0 saturated heterocycles. The van der Waals surface area contributed by atoms with E-state index in [0.29, 0.717) is 26.4 Å². The molecule has 5 heteroatoms. The second-order valence-corrected chi connectivity index (χ2v) is 3.09. The van der Waals surface area contributed by atoms with E-state index < -0.39 is 0 Å². The summed E-state index contributed by atoms with van der Waals surface area (Å²) in [5.41, 5.74) is 0. The molecule has 0 amide bonds. The van der Waals surface area contributed by atoms with Gasteiger partial charge in [0.15, 0.2) is 0 Å². The van der Waals surface area contributed by atoms with E-state index in [1.54, 1.807) is 0 Å². The fourth-order valence-electron chi connectivity index (χ4n) is 1.00. The maximum Gasteiger partial charge on any atom is 0.104 e. The van der Waals surface area contributed by atoms with Gasteiger partial charge < -0.3 is 24.4 Å². The van der Waals surface area contributed by atoms with Crippen molar-refractivity contribution in [1.29, 1.82) is 0 Å². The molecule has 2 N–H and O–H groups in total. The van der Waals surface area contributed by atoms with E-state index in [4.69, 9.17) is 24.4 Å². The Bertz CT molecular complexity index is 110. The molecule has 0 saturated carbocycles. The molecule has 0 bridgehead atoms. The minimum atomic E-state index is -0.171. The number of aliphatic hydroxyl groups excluding tert-OH is 2. The Hall–Kier alpha value is -0.200. The van der Waals surface area contributed by atoms with Gasteiger partial charge in [-0.15, -0.1) is 0 Å². The van der Waals surface area contributed by atoms with Crippen molar-refractivity contribution in [3.05, 3.63) is 0 Å². The third kappa shape index (κ3) is 10.1. The lowest BCUT2D eigenvalue weighted by atomic mass is 10.4. The Balaban J connectivity index is 3.53. The van der Waals surface area contributed by atoms with Gasteiger partial charge >= 0.3 is 0 Å². The minimum Gasteiger partial charge on any atom is -0.394 e. The van der Waals surface area contributed by atoms with Crippen molar-refractivity contribution in [2.24, 2.45) is 0 Å². The highest BCUT2D eigenvalue weighted by Gasteiger charge is 2.09. The SMILES string of the molecule is CCCOCC(COCCO)OCCO. The molecule has 0 aromatic rings. The second kappa shape index (κ2) is 11.9. The first-order valence-electron chi connectivity index (χ1n) is 5.34. The standard InChI is InChI=1S/C10H22O5/c1-2-5-13-8-10(15-7-4-12)9-14-6-3-11/h10-12H,2-9H2,1H3. The Kier molecular flexibility index (Phi) is 11.7. The van der Waals surface area contributed by atoms with Crippen LogP contribution in [-0.2, 0) is 14.2 Å². The average Bonchev–Trinajstić information content (AvgIpc) is 2.25. The predicted molar refractivity (Wildman–Crippen MR) is 55.8 cm³/mol. The molecule has 0 aromatic carbocycles. The third-order valence-electron chi connectivity index (χ3n) is 1.64. The van der Waals surface area contributed by atoms with Gasteiger partial charge in [-0.05, 0) is 6.42 Å². The summed E-state index contributed by atoms with van der Waals surface area (Å²) in [5.74, 6) is 0. The lowest BCUT2D eigenvalue weighted by molar-refractivity contribution is -0.0702. The molecule has 0 heterocycles. The molecule has 0 rings (SSSR count). The zero-order chi connectivity index (χ0) is 11.4. The van der Waals surface area contributed by atoms with E-state index in [-0.39, 0.29) is 25.9 Å². The van der Waals surface area contributed by atoms with Gasteiger partial charge in [0.1, 0.15) is 6.10 Å².